The lowest BCUT2D eigenvalue weighted by atomic mass is 10.1. The highest BCUT2D eigenvalue weighted by molar-refractivity contribution is 7.91. The van der Waals surface area contributed by atoms with Crippen molar-refractivity contribution < 1.29 is 18.4 Å². The minimum absolute atomic E-state index is 0.254. The molecule has 32 heavy (non-hydrogen) atoms. The maximum atomic E-state index is 13.8. The molecule has 1 amide bonds. The van der Waals surface area contributed by atoms with Crippen molar-refractivity contribution in [2.45, 2.75) is 10.3 Å². The van der Waals surface area contributed by atoms with E-state index in [-0.39, 0.29) is 4.90 Å². The van der Waals surface area contributed by atoms with Crippen LogP contribution in [0, 0.1) is 0 Å². The summed E-state index contributed by atoms with van der Waals surface area (Å²) in [6, 6.07) is 23.1. The third-order valence-electron chi connectivity index (χ3n) is 5.29. The van der Waals surface area contributed by atoms with E-state index in [1.807, 2.05) is 29.2 Å². The Balaban J connectivity index is 1.79. The molecule has 7 nitrogen and oxygen atoms in total. The van der Waals surface area contributed by atoms with Crippen molar-refractivity contribution in [1.29, 1.82) is 0 Å². The first kappa shape index (κ1) is 21.6. The first-order chi connectivity index (χ1) is 15.5. The normalized spacial score (nSPS) is 14.5. The first-order valence-corrected chi connectivity index (χ1v) is 11.7. The number of hydrogen-bond donors (Lipinski definition) is 3. The summed E-state index contributed by atoms with van der Waals surface area (Å²) >= 11 is 0. The second kappa shape index (κ2) is 9.25. The summed E-state index contributed by atoms with van der Waals surface area (Å²) in [6.45, 7) is 1.14. The van der Waals surface area contributed by atoms with Crippen LogP contribution in [0.3, 0.4) is 0 Å². The molecule has 0 aliphatic carbocycles. The summed E-state index contributed by atoms with van der Waals surface area (Å²) in [5.41, 5.74) is 4.58. The van der Waals surface area contributed by atoms with Crippen LogP contribution in [0.1, 0.15) is 16.5 Å². The fraction of sp³-hybridized carbons (Fsp3) is 0.125. The van der Waals surface area contributed by atoms with Gasteiger partial charge in [-0.25, -0.2) is 13.9 Å². The summed E-state index contributed by atoms with van der Waals surface area (Å²) in [6.07, 6.45) is 2.73. The van der Waals surface area contributed by atoms with E-state index in [9.17, 15) is 13.2 Å². The molecule has 1 unspecified atom stereocenters. The average Bonchev–Trinajstić information content (AvgIpc) is 2.84. The molecule has 4 rings (SSSR count). The fourth-order valence-corrected chi connectivity index (χ4v) is 5.66. The van der Waals surface area contributed by atoms with Crippen LogP contribution >= 0.6 is 0 Å². The number of hydrogen-bond acceptors (Lipinski definition) is 6. The Labute approximate surface area is 186 Å². The van der Waals surface area contributed by atoms with E-state index in [0.717, 1.165) is 11.4 Å². The van der Waals surface area contributed by atoms with Gasteiger partial charge in [-0.1, -0.05) is 54.6 Å². The molecule has 0 aromatic heterocycles. The van der Waals surface area contributed by atoms with Crippen molar-refractivity contribution in [1.82, 2.24) is 5.48 Å². The lowest BCUT2D eigenvalue weighted by molar-refractivity contribution is -0.124. The molecule has 1 atom stereocenters. The SMILES string of the molecule is O=C(/C=C/c1ccc(C(N2CCNc3ccccc32)S(=O)(=O)c2ccccc2)cc1)NO. The van der Waals surface area contributed by atoms with E-state index in [1.54, 1.807) is 54.6 Å². The lowest BCUT2D eigenvalue weighted by Crippen LogP contribution is -2.40. The molecule has 164 valence electrons. The first-order valence-electron chi connectivity index (χ1n) is 10.1. The molecule has 0 fully saturated rings. The van der Waals surface area contributed by atoms with Gasteiger partial charge in [0.15, 0.2) is 5.37 Å². The Kier molecular flexibility index (Phi) is 6.25. The number of nitrogens with zero attached hydrogens (tertiary/aromatic N) is 1. The molecule has 1 heterocycles. The van der Waals surface area contributed by atoms with Crippen molar-refractivity contribution in [3.63, 3.8) is 0 Å². The van der Waals surface area contributed by atoms with Crippen LogP contribution < -0.4 is 15.7 Å². The monoisotopic (exact) mass is 449 g/mol. The molecule has 0 bridgehead atoms. The Morgan fingerprint density at radius 2 is 1.69 bits per heavy atom. The molecule has 0 saturated carbocycles. The number of anilines is 2. The molecular weight excluding hydrogens is 426 g/mol. The van der Waals surface area contributed by atoms with E-state index in [2.05, 4.69) is 5.32 Å². The van der Waals surface area contributed by atoms with Gasteiger partial charge in [0.1, 0.15) is 0 Å². The van der Waals surface area contributed by atoms with Gasteiger partial charge in [0.2, 0.25) is 9.84 Å². The number of amides is 1. The maximum absolute atomic E-state index is 13.8. The van der Waals surface area contributed by atoms with E-state index in [1.165, 1.54) is 17.6 Å². The van der Waals surface area contributed by atoms with Gasteiger partial charge in [0.25, 0.3) is 5.91 Å². The van der Waals surface area contributed by atoms with Crippen molar-refractivity contribution in [2.24, 2.45) is 0 Å². The van der Waals surface area contributed by atoms with Gasteiger partial charge in [-0.05, 0) is 41.5 Å². The number of sulfone groups is 1. The molecule has 0 spiro atoms. The van der Waals surface area contributed by atoms with Gasteiger partial charge >= 0.3 is 0 Å². The third-order valence-corrected chi connectivity index (χ3v) is 7.33. The Hall–Kier alpha value is -3.62. The second-order valence-electron chi connectivity index (χ2n) is 7.32. The summed E-state index contributed by atoms with van der Waals surface area (Å²) in [4.78, 5) is 13.4. The quantitative estimate of drug-likeness (QED) is 0.302. The summed E-state index contributed by atoms with van der Waals surface area (Å²) in [5, 5.41) is 11.0. The smallest absolute Gasteiger partial charge is 0.267 e. The van der Waals surface area contributed by atoms with E-state index >= 15 is 0 Å². The number of rotatable bonds is 6. The van der Waals surface area contributed by atoms with Crippen LogP contribution in [0.4, 0.5) is 11.4 Å². The number of carbonyl (C=O) groups excluding carboxylic acids is 1. The van der Waals surface area contributed by atoms with Crippen LogP contribution in [0.5, 0.6) is 0 Å². The predicted molar refractivity (Wildman–Crippen MR) is 124 cm³/mol. The number of hydroxylamine groups is 1. The van der Waals surface area contributed by atoms with Crippen molar-refractivity contribution >= 4 is 33.2 Å². The zero-order valence-corrected chi connectivity index (χ0v) is 18.0. The van der Waals surface area contributed by atoms with Gasteiger partial charge < -0.3 is 10.2 Å². The zero-order valence-electron chi connectivity index (χ0n) is 17.2. The Morgan fingerprint density at radius 3 is 2.41 bits per heavy atom. The second-order valence-corrected chi connectivity index (χ2v) is 9.33. The van der Waals surface area contributed by atoms with Crippen molar-refractivity contribution in [3.8, 4) is 0 Å². The maximum Gasteiger partial charge on any atom is 0.267 e. The zero-order chi connectivity index (χ0) is 22.6. The summed E-state index contributed by atoms with van der Waals surface area (Å²) < 4.78 is 27.6. The molecule has 0 radical (unpaired) electrons. The molecule has 8 heteroatoms. The van der Waals surface area contributed by atoms with E-state index in [4.69, 9.17) is 5.21 Å². The molecule has 3 aromatic carbocycles. The molecule has 0 saturated heterocycles. The van der Waals surface area contributed by atoms with Crippen LogP contribution in [-0.4, -0.2) is 32.6 Å². The van der Waals surface area contributed by atoms with Crippen LogP contribution in [0.25, 0.3) is 6.08 Å². The summed E-state index contributed by atoms with van der Waals surface area (Å²) in [7, 11) is -3.76. The van der Waals surface area contributed by atoms with Crippen molar-refractivity contribution in [2.75, 3.05) is 23.3 Å². The molecule has 3 N–H and O–H groups in total. The van der Waals surface area contributed by atoms with Crippen molar-refractivity contribution in [3.05, 3.63) is 96.1 Å². The number of carbonyl (C=O) groups is 1. The molecule has 1 aliphatic rings. The summed E-state index contributed by atoms with van der Waals surface area (Å²) in [5.74, 6) is -0.643. The van der Waals surface area contributed by atoms with Crippen LogP contribution in [0.15, 0.2) is 89.8 Å². The predicted octanol–water partition coefficient (Wildman–Crippen LogP) is 3.61. The Morgan fingerprint density at radius 1 is 1.00 bits per heavy atom. The van der Waals surface area contributed by atoms with Gasteiger partial charge in [-0.2, -0.15) is 0 Å². The number of nitrogens with one attached hydrogen (secondary N) is 2. The standard InChI is InChI=1S/C24H23N3O4S/c28-23(26-29)15-12-18-10-13-19(14-11-18)24(32(30,31)20-6-2-1-3-7-20)27-17-16-25-21-8-4-5-9-22(21)27/h1-15,24-25,29H,16-17H2,(H,26,28)/b15-12+. The van der Waals surface area contributed by atoms with Gasteiger partial charge in [-0.15, -0.1) is 0 Å². The largest absolute Gasteiger partial charge is 0.382 e. The Bertz CT molecular complexity index is 1230. The topological polar surface area (TPSA) is 98.7 Å². The molecular formula is C24H23N3O4S. The van der Waals surface area contributed by atoms with E-state index < -0.39 is 21.1 Å². The number of benzene rings is 3. The van der Waals surface area contributed by atoms with Gasteiger partial charge in [0.05, 0.1) is 16.3 Å². The lowest BCUT2D eigenvalue weighted by Gasteiger charge is -2.38. The van der Waals surface area contributed by atoms with Gasteiger partial charge in [-0.3, -0.25) is 10.0 Å². The van der Waals surface area contributed by atoms with Gasteiger partial charge in [0, 0.05) is 19.2 Å². The highest BCUT2D eigenvalue weighted by Crippen LogP contribution is 2.40. The van der Waals surface area contributed by atoms with E-state index in [0.29, 0.717) is 24.2 Å². The molecule has 1 aliphatic heterocycles. The number of fused-ring (bicyclic) bond motifs is 1. The minimum atomic E-state index is -3.76. The third kappa shape index (κ3) is 4.37. The van der Waals surface area contributed by atoms with Crippen LogP contribution in [0.2, 0.25) is 0 Å². The fourth-order valence-electron chi connectivity index (χ4n) is 3.80. The van der Waals surface area contributed by atoms with Crippen LogP contribution in [-0.2, 0) is 14.6 Å². The highest BCUT2D eigenvalue weighted by Gasteiger charge is 2.36. The molecule has 3 aromatic rings. The minimum Gasteiger partial charge on any atom is -0.382 e. The average molecular weight is 450 g/mol. The number of para-hydroxylation sites is 2. The highest BCUT2D eigenvalue weighted by atomic mass is 32.2.